The van der Waals surface area contributed by atoms with Crippen LogP contribution in [0.5, 0.6) is 5.75 Å². The van der Waals surface area contributed by atoms with Crippen molar-refractivity contribution in [3.05, 3.63) is 75.7 Å². The van der Waals surface area contributed by atoms with E-state index in [9.17, 15) is 9.90 Å². The molecule has 0 aliphatic heterocycles. The molecule has 28 heavy (non-hydrogen) atoms. The van der Waals surface area contributed by atoms with Gasteiger partial charge in [0.15, 0.2) is 4.34 Å². The molecule has 0 saturated heterocycles. The predicted octanol–water partition coefficient (Wildman–Crippen LogP) is 6.82. The number of rotatable bonds is 4. The monoisotopic (exact) mass is 490 g/mol. The second-order valence-corrected chi connectivity index (χ2v) is 9.45. The van der Waals surface area contributed by atoms with Crippen LogP contribution < -0.4 is 5.32 Å². The largest absolute Gasteiger partial charge is 0.507 e. The molecule has 4 aromatic rings. The number of carbonyl (C=O) groups excluding carboxylic acids is 1. The molecular weight excluding hydrogens is 480 g/mol. The van der Waals surface area contributed by atoms with Crippen LogP contribution >= 0.6 is 50.6 Å². The number of hydrogen-bond donors (Lipinski definition) is 2. The van der Waals surface area contributed by atoms with Gasteiger partial charge in [-0.3, -0.25) is 4.79 Å². The Labute approximate surface area is 182 Å². The first-order chi connectivity index (χ1) is 13.5. The summed E-state index contributed by atoms with van der Waals surface area (Å²) >= 11 is 12.8. The highest BCUT2D eigenvalue weighted by atomic mass is 79.9. The minimum absolute atomic E-state index is 0.0881. The first-order valence-corrected chi connectivity index (χ1v) is 10.9. The number of benzene rings is 3. The fraction of sp³-hybridized carbons (Fsp3) is 0. The first kappa shape index (κ1) is 19.3. The van der Waals surface area contributed by atoms with E-state index in [1.807, 2.05) is 30.3 Å². The zero-order valence-corrected chi connectivity index (χ0v) is 18.1. The molecule has 1 heterocycles. The molecule has 0 fully saturated rings. The molecule has 1 aromatic heterocycles. The zero-order chi connectivity index (χ0) is 19.7. The molecule has 0 spiro atoms. The lowest BCUT2D eigenvalue weighted by molar-refractivity contribution is 0.102. The van der Waals surface area contributed by atoms with Crippen LogP contribution in [-0.2, 0) is 0 Å². The average Bonchev–Trinajstić information content (AvgIpc) is 3.08. The van der Waals surface area contributed by atoms with Crippen molar-refractivity contribution in [2.24, 2.45) is 0 Å². The normalized spacial score (nSPS) is 10.9. The molecule has 0 aliphatic carbocycles. The number of hydrogen-bond acceptors (Lipinski definition) is 5. The number of phenolic OH excluding ortho intramolecular Hbond substituents is 1. The van der Waals surface area contributed by atoms with Gasteiger partial charge in [0.05, 0.1) is 20.8 Å². The van der Waals surface area contributed by atoms with Gasteiger partial charge in [0.2, 0.25) is 0 Å². The maximum atomic E-state index is 12.4. The highest BCUT2D eigenvalue weighted by Gasteiger charge is 2.14. The Bertz CT molecular complexity index is 1160. The van der Waals surface area contributed by atoms with Gasteiger partial charge < -0.3 is 10.4 Å². The molecule has 3 aromatic carbocycles. The summed E-state index contributed by atoms with van der Waals surface area (Å²) < 4.78 is 2.73. The number of aromatic hydroxyl groups is 1. The van der Waals surface area contributed by atoms with Crippen molar-refractivity contribution >= 4 is 72.4 Å². The number of thiazole rings is 1. The third kappa shape index (κ3) is 4.17. The molecule has 0 aliphatic rings. The zero-order valence-electron chi connectivity index (χ0n) is 14.1. The third-order valence-corrected chi connectivity index (χ3v) is 6.96. The third-order valence-electron chi connectivity index (χ3n) is 3.86. The van der Waals surface area contributed by atoms with Crippen LogP contribution in [0.2, 0.25) is 5.02 Å². The van der Waals surface area contributed by atoms with Crippen molar-refractivity contribution in [1.82, 2.24) is 4.98 Å². The van der Waals surface area contributed by atoms with Gasteiger partial charge in [-0.25, -0.2) is 4.98 Å². The van der Waals surface area contributed by atoms with Crippen molar-refractivity contribution in [1.29, 1.82) is 0 Å². The molecule has 1 amide bonds. The molecule has 8 heteroatoms. The summed E-state index contributed by atoms with van der Waals surface area (Å²) in [6.45, 7) is 0. The number of halogens is 2. The van der Waals surface area contributed by atoms with E-state index in [0.717, 1.165) is 19.5 Å². The molecule has 4 nitrogen and oxygen atoms in total. The summed E-state index contributed by atoms with van der Waals surface area (Å²) in [4.78, 5) is 17.9. The Balaban J connectivity index is 1.52. The van der Waals surface area contributed by atoms with E-state index in [0.29, 0.717) is 15.2 Å². The summed E-state index contributed by atoms with van der Waals surface area (Å²) in [5.74, 6) is -0.503. The maximum Gasteiger partial charge on any atom is 0.259 e. The Hall–Kier alpha value is -2.06. The van der Waals surface area contributed by atoms with E-state index in [-0.39, 0.29) is 11.3 Å². The highest BCUT2D eigenvalue weighted by molar-refractivity contribution is 9.10. The molecule has 0 radical (unpaired) electrons. The van der Waals surface area contributed by atoms with Gasteiger partial charge in [0.25, 0.3) is 5.91 Å². The van der Waals surface area contributed by atoms with Crippen molar-refractivity contribution in [2.75, 3.05) is 5.32 Å². The minimum atomic E-state index is -0.415. The van der Waals surface area contributed by atoms with Crippen LogP contribution in [0.3, 0.4) is 0 Å². The average molecular weight is 492 g/mol. The van der Waals surface area contributed by atoms with Crippen molar-refractivity contribution < 1.29 is 9.90 Å². The van der Waals surface area contributed by atoms with Crippen LogP contribution in [0, 0.1) is 0 Å². The smallest absolute Gasteiger partial charge is 0.259 e. The number of amides is 1. The summed E-state index contributed by atoms with van der Waals surface area (Å²) in [6, 6.07) is 18.0. The lowest BCUT2D eigenvalue weighted by atomic mass is 10.2. The van der Waals surface area contributed by atoms with Gasteiger partial charge in [-0.1, -0.05) is 51.4 Å². The molecular formula is C20H12BrClN2O2S2. The number of aromatic nitrogens is 1. The summed E-state index contributed by atoms with van der Waals surface area (Å²) in [5, 5.41) is 13.2. The first-order valence-electron chi connectivity index (χ1n) is 8.12. The quantitative estimate of drug-likeness (QED) is 0.329. The molecule has 0 unspecified atom stereocenters. The van der Waals surface area contributed by atoms with Gasteiger partial charge in [-0.2, -0.15) is 0 Å². The van der Waals surface area contributed by atoms with Gasteiger partial charge in [-0.05, 0) is 48.5 Å². The van der Waals surface area contributed by atoms with Crippen molar-refractivity contribution in [3.63, 3.8) is 0 Å². The Morgan fingerprint density at radius 1 is 1.14 bits per heavy atom. The second-order valence-electron chi connectivity index (χ2n) is 5.81. The molecule has 140 valence electrons. The summed E-state index contributed by atoms with van der Waals surface area (Å²) in [6.07, 6.45) is 0. The van der Waals surface area contributed by atoms with E-state index >= 15 is 0 Å². The van der Waals surface area contributed by atoms with Gasteiger partial charge in [-0.15, -0.1) is 11.3 Å². The van der Waals surface area contributed by atoms with E-state index in [4.69, 9.17) is 11.6 Å². The van der Waals surface area contributed by atoms with E-state index in [2.05, 4.69) is 26.2 Å². The number of phenols is 1. The number of nitrogens with zero attached hydrogens (tertiary/aromatic N) is 1. The number of anilines is 1. The van der Waals surface area contributed by atoms with Crippen LogP contribution in [-0.4, -0.2) is 16.0 Å². The standard InChI is InChI=1S/C20H12BrClN2O2S2/c21-11-5-7-16(25)13(9-11)19(26)23-12-6-8-17(14(22)10-12)27-20-24-15-3-1-2-4-18(15)28-20/h1-10,25H,(H,23,26). The molecule has 0 atom stereocenters. The summed E-state index contributed by atoms with van der Waals surface area (Å²) in [7, 11) is 0. The lowest BCUT2D eigenvalue weighted by Crippen LogP contribution is -2.12. The van der Waals surface area contributed by atoms with Crippen molar-refractivity contribution in [3.8, 4) is 5.75 Å². The van der Waals surface area contributed by atoms with Crippen LogP contribution in [0.4, 0.5) is 5.69 Å². The number of nitrogens with one attached hydrogen (secondary N) is 1. The van der Waals surface area contributed by atoms with E-state index < -0.39 is 5.91 Å². The second kappa shape index (κ2) is 8.13. The van der Waals surface area contributed by atoms with E-state index in [1.54, 1.807) is 35.6 Å². The SMILES string of the molecule is O=C(Nc1ccc(Sc2nc3ccccc3s2)c(Cl)c1)c1cc(Br)ccc1O. The van der Waals surface area contributed by atoms with Gasteiger partial charge in [0.1, 0.15) is 5.75 Å². The van der Waals surface area contributed by atoms with Crippen molar-refractivity contribution in [2.45, 2.75) is 9.24 Å². The molecule has 0 bridgehead atoms. The van der Waals surface area contributed by atoms with Crippen LogP contribution in [0.1, 0.15) is 10.4 Å². The van der Waals surface area contributed by atoms with Crippen LogP contribution in [0.25, 0.3) is 10.2 Å². The van der Waals surface area contributed by atoms with E-state index in [1.165, 1.54) is 17.8 Å². The van der Waals surface area contributed by atoms with Gasteiger partial charge in [0, 0.05) is 15.1 Å². The predicted molar refractivity (Wildman–Crippen MR) is 119 cm³/mol. The summed E-state index contributed by atoms with van der Waals surface area (Å²) in [5.41, 5.74) is 1.69. The topological polar surface area (TPSA) is 62.2 Å². The maximum absolute atomic E-state index is 12.4. The molecule has 0 saturated carbocycles. The van der Waals surface area contributed by atoms with Crippen LogP contribution in [0.15, 0.2) is 74.4 Å². The Kier molecular flexibility index (Phi) is 5.59. The molecule has 2 N–H and O–H groups in total. The fourth-order valence-electron chi connectivity index (χ4n) is 2.54. The lowest BCUT2D eigenvalue weighted by Gasteiger charge is -2.09. The van der Waals surface area contributed by atoms with Gasteiger partial charge >= 0.3 is 0 Å². The highest BCUT2D eigenvalue weighted by Crippen LogP contribution is 2.38. The fourth-order valence-corrected chi connectivity index (χ4v) is 5.22. The molecule has 4 rings (SSSR count). The number of fused-ring (bicyclic) bond motifs is 1. The Morgan fingerprint density at radius 2 is 1.96 bits per heavy atom. The number of carbonyl (C=O) groups is 1. The number of para-hydroxylation sites is 1. The minimum Gasteiger partial charge on any atom is -0.507 e. The Morgan fingerprint density at radius 3 is 2.75 bits per heavy atom.